The summed E-state index contributed by atoms with van der Waals surface area (Å²) in [4.78, 5) is 4.46. The molecule has 3 nitrogen and oxygen atoms in total. The normalized spacial score (nSPS) is 18.3. The molecule has 0 unspecified atom stereocenters. The van der Waals surface area contributed by atoms with Crippen LogP contribution in [-0.2, 0) is 5.54 Å². The molecule has 15 heavy (non-hydrogen) atoms. The molecule has 0 aliphatic heterocycles. The maximum absolute atomic E-state index is 6.18. The van der Waals surface area contributed by atoms with E-state index in [2.05, 4.69) is 27.7 Å². The first kappa shape index (κ1) is 8.92. The minimum absolute atomic E-state index is 0.0567. The summed E-state index contributed by atoms with van der Waals surface area (Å²) in [6.07, 6.45) is 4.34. The van der Waals surface area contributed by atoms with Gasteiger partial charge in [-0.3, -0.25) is 0 Å². The van der Waals surface area contributed by atoms with E-state index in [0.29, 0.717) is 0 Å². The summed E-state index contributed by atoms with van der Waals surface area (Å²) in [6, 6.07) is 4.26. The average Bonchev–Trinajstić information content (AvgIpc) is 2.90. The molecule has 0 radical (unpaired) electrons. The van der Waals surface area contributed by atoms with Gasteiger partial charge in [0.15, 0.2) is 0 Å². The van der Waals surface area contributed by atoms with Gasteiger partial charge in [-0.05, 0) is 38.3 Å². The van der Waals surface area contributed by atoms with Gasteiger partial charge >= 0.3 is 0 Å². The molecule has 0 saturated heterocycles. The predicted molar refractivity (Wildman–Crippen MR) is 59.8 cm³/mol. The molecule has 1 aliphatic carbocycles. The zero-order valence-electron chi connectivity index (χ0n) is 9.12. The Morgan fingerprint density at radius 2 is 2.07 bits per heavy atom. The number of nitrogens with two attached hydrogens (primary N) is 1. The number of aryl methyl sites for hydroxylation is 2. The fourth-order valence-electron chi connectivity index (χ4n) is 2.14. The van der Waals surface area contributed by atoms with Crippen LogP contribution in [0.4, 0.5) is 0 Å². The maximum atomic E-state index is 6.18. The van der Waals surface area contributed by atoms with Gasteiger partial charge in [-0.1, -0.05) is 6.07 Å². The Hall–Kier alpha value is -1.35. The zero-order chi connectivity index (χ0) is 10.6. The first-order valence-corrected chi connectivity index (χ1v) is 5.35. The summed E-state index contributed by atoms with van der Waals surface area (Å²) in [7, 11) is 0. The molecule has 0 aromatic carbocycles. The Labute approximate surface area is 88.9 Å². The SMILES string of the molecule is Cc1nc(C)n2cc(C3(N)CC3)ccc12. The Balaban J connectivity index is 2.25. The standard InChI is InChI=1S/C12H15N3/c1-8-11-4-3-10(12(13)5-6-12)7-15(11)9(2)14-8/h3-4,7H,5-6,13H2,1-2H3. The lowest BCUT2D eigenvalue weighted by Gasteiger charge is -2.09. The number of hydrogen-bond donors (Lipinski definition) is 1. The van der Waals surface area contributed by atoms with Crippen LogP contribution in [0.25, 0.3) is 5.52 Å². The third-order valence-electron chi connectivity index (χ3n) is 3.36. The van der Waals surface area contributed by atoms with Gasteiger partial charge in [0.2, 0.25) is 0 Å². The molecule has 78 valence electrons. The topological polar surface area (TPSA) is 43.3 Å². The second kappa shape index (κ2) is 2.61. The van der Waals surface area contributed by atoms with Crippen molar-refractivity contribution < 1.29 is 0 Å². The van der Waals surface area contributed by atoms with Crippen LogP contribution in [0.15, 0.2) is 18.3 Å². The third-order valence-corrected chi connectivity index (χ3v) is 3.36. The van der Waals surface area contributed by atoms with Crippen LogP contribution in [0, 0.1) is 13.8 Å². The van der Waals surface area contributed by atoms with Crippen LogP contribution in [0.5, 0.6) is 0 Å². The maximum Gasteiger partial charge on any atom is 0.110 e. The number of fused-ring (bicyclic) bond motifs is 1. The van der Waals surface area contributed by atoms with Gasteiger partial charge in [0.05, 0.1) is 11.2 Å². The summed E-state index contributed by atoms with van der Waals surface area (Å²) in [5.41, 5.74) is 9.62. The monoisotopic (exact) mass is 201 g/mol. The highest BCUT2D eigenvalue weighted by molar-refractivity contribution is 5.54. The largest absolute Gasteiger partial charge is 0.321 e. The van der Waals surface area contributed by atoms with Gasteiger partial charge in [0.1, 0.15) is 5.82 Å². The van der Waals surface area contributed by atoms with Crippen LogP contribution in [-0.4, -0.2) is 9.38 Å². The van der Waals surface area contributed by atoms with E-state index in [1.807, 2.05) is 13.8 Å². The summed E-state index contributed by atoms with van der Waals surface area (Å²) >= 11 is 0. The van der Waals surface area contributed by atoms with E-state index in [1.54, 1.807) is 0 Å². The zero-order valence-corrected chi connectivity index (χ0v) is 9.12. The summed E-state index contributed by atoms with van der Waals surface area (Å²) in [6.45, 7) is 4.07. The first-order valence-electron chi connectivity index (χ1n) is 5.35. The van der Waals surface area contributed by atoms with E-state index in [0.717, 1.165) is 24.4 Å². The first-order chi connectivity index (χ1) is 7.10. The van der Waals surface area contributed by atoms with E-state index >= 15 is 0 Å². The number of imidazole rings is 1. The number of hydrogen-bond acceptors (Lipinski definition) is 2. The lowest BCUT2D eigenvalue weighted by Crippen LogP contribution is -2.19. The summed E-state index contributed by atoms with van der Waals surface area (Å²) < 4.78 is 2.14. The van der Waals surface area contributed by atoms with Gasteiger partial charge in [-0.2, -0.15) is 0 Å². The number of pyridine rings is 1. The van der Waals surface area contributed by atoms with Crippen LogP contribution >= 0.6 is 0 Å². The Morgan fingerprint density at radius 3 is 2.73 bits per heavy atom. The van der Waals surface area contributed by atoms with Crippen molar-refractivity contribution in [2.45, 2.75) is 32.2 Å². The van der Waals surface area contributed by atoms with Crippen molar-refractivity contribution in [3.05, 3.63) is 35.4 Å². The fourth-order valence-corrected chi connectivity index (χ4v) is 2.14. The van der Waals surface area contributed by atoms with Gasteiger partial charge < -0.3 is 10.1 Å². The van der Waals surface area contributed by atoms with Crippen molar-refractivity contribution in [3.8, 4) is 0 Å². The Kier molecular flexibility index (Phi) is 1.55. The molecule has 0 bridgehead atoms. The molecule has 1 aliphatic rings. The molecular formula is C12H15N3. The molecule has 3 rings (SSSR count). The van der Waals surface area contributed by atoms with Crippen molar-refractivity contribution in [3.63, 3.8) is 0 Å². The van der Waals surface area contributed by atoms with Gasteiger partial charge in [-0.25, -0.2) is 4.98 Å². The highest BCUT2D eigenvalue weighted by Gasteiger charge is 2.40. The van der Waals surface area contributed by atoms with E-state index in [9.17, 15) is 0 Å². The van der Waals surface area contributed by atoms with E-state index in [4.69, 9.17) is 5.73 Å². The minimum Gasteiger partial charge on any atom is -0.321 e. The molecule has 0 atom stereocenters. The average molecular weight is 201 g/mol. The molecule has 3 heteroatoms. The van der Waals surface area contributed by atoms with Crippen LogP contribution < -0.4 is 5.73 Å². The van der Waals surface area contributed by atoms with Gasteiger partial charge in [-0.15, -0.1) is 0 Å². The van der Waals surface area contributed by atoms with Crippen LogP contribution in [0.1, 0.15) is 29.9 Å². The second-order valence-corrected chi connectivity index (χ2v) is 4.57. The smallest absolute Gasteiger partial charge is 0.110 e. The Morgan fingerprint density at radius 1 is 1.33 bits per heavy atom. The van der Waals surface area contributed by atoms with Gasteiger partial charge in [0.25, 0.3) is 0 Å². The van der Waals surface area contributed by atoms with Crippen molar-refractivity contribution in [2.75, 3.05) is 0 Å². The van der Waals surface area contributed by atoms with Crippen LogP contribution in [0.2, 0.25) is 0 Å². The molecule has 2 aromatic rings. The minimum atomic E-state index is -0.0567. The summed E-state index contributed by atoms with van der Waals surface area (Å²) in [5, 5.41) is 0. The predicted octanol–water partition coefficient (Wildman–Crippen LogP) is 1.90. The number of nitrogens with zero attached hydrogens (tertiary/aromatic N) is 2. The van der Waals surface area contributed by atoms with Crippen molar-refractivity contribution in [1.82, 2.24) is 9.38 Å². The molecule has 1 fully saturated rings. The molecule has 1 saturated carbocycles. The van der Waals surface area contributed by atoms with Crippen molar-refractivity contribution in [1.29, 1.82) is 0 Å². The Bertz CT molecular complexity index is 535. The lowest BCUT2D eigenvalue weighted by atomic mass is 10.1. The summed E-state index contributed by atoms with van der Waals surface area (Å²) in [5.74, 6) is 1.04. The van der Waals surface area contributed by atoms with E-state index < -0.39 is 0 Å². The number of rotatable bonds is 1. The fraction of sp³-hybridized carbons (Fsp3) is 0.417. The molecule has 0 spiro atoms. The lowest BCUT2D eigenvalue weighted by molar-refractivity contribution is 0.731. The van der Waals surface area contributed by atoms with Crippen molar-refractivity contribution in [2.24, 2.45) is 5.73 Å². The second-order valence-electron chi connectivity index (χ2n) is 4.57. The van der Waals surface area contributed by atoms with Gasteiger partial charge in [0, 0.05) is 11.7 Å². The quantitative estimate of drug-likeness (QED) is 0.765. The molecule has 0 amide bonds. The third kappa shape index (κ3) is 1.20. The molecule has 2 aromatic heterocycles. The molecular weight excluding hydrogens is 186 g/mol. The number of aromatic nitrogens is 2. The molecule has 2 heterocycles. The van der Waals surface area contributed by atoms with Crippen LogP contribution in [0.3, 0.4) is 0 Å². The highest BCUT2D eigenvalue weighted by atomic mass is 15.0. The van der Waals surface area contributed by atoms with E-state index in [1.165, 1.54) is 11.1 Å². The van der Waals surface area contributed by atoms with Crippen molar-refractivity contribution >= 4 is 5.52 Å². The highest BCUT2D eigenvalue weighted by Crippen LogP contribution is 2.42. The molecule has 2 N–H and O–H groups in total. The van der Waals surface area contributed by atoms with E-state index in [-0.39, 0.29) is 5.54 Å².